The molecule has 0 aliphatic heterocycles. The molecule has 0 saturated carbocycles. The van der Waals surface area contributed by atoms with Gasteiger partial charge in [-0.05, 0) is 12.8 Å². The Hall–Kier alpha value is -0.0400. The average molecular weight is 143 g/mol. The van der Waals surface area contributed by atoms with Crippen molar-refractivity contribution in [2.45, 2.75) is 58.4 Å². The quantitative estimate of drug-likeness (QED) is 0.568. The zero-order valence-electron chi connectivity index (χ0n) is 7.40. The first kappa shape index (κ1) is 9.96. The molecule has 0 aliphatic rings. The first-order valence-corrected chi connectivity index (χ1v) is 4.56. The van der Waals surface area contributed by atoms with Gasteiger partial charge in [-0.25, -0.2) is 0 Å². The van der Waals surface area contributed by atoms with Gasteiger partial charge in [-0.3, -0.25) is 0 Å². The van der Waals surface area contributed by atoms with Crippen molar-refractivity contribution in [1.82, 2.24) is 0 Å². The zero-order chi connectivity index (χ0) is 7.82. The molecule has 1 atom stereocenters. The van der Waals surface area contributed by atoms with E-state index in [1.165, 1.54) is 32.1 Å². The van der Waals surface area contributed by atoms with Crippen molar-refractivity contribution < 1.29 is 0 Å². The van der Waals surface area contributed by atoms with Crippen LogP contribution < -0.4 is 5.73 Å². The van der Waals surface area contributed by atoms with Crippen molar-refractivity contribution in [1.29, 1.82) is 0 Å². The van der Waals surface area contributed by atoms with Crippen LogP contribution in [0.4, 0.5) is 0 Å². The number of nitrogens with two attached hydrogens (primary N) is 1. The normalized spacial score (nSPS) is 13.5. The molecule has 0 amide bonds. The Morgan fingerprint density at radius 2 is 1.80 bits per heavy atom. The van der Waals surface area contributed by atoms with E-state index < -0.39 is 0 Å². The van der Waals surface area contributed by atoms with Crippen LogP contribution in [0.25, 0.3) is 0 Å². The van der Waals surface area contributed by atoms with Crippen molar-refractivity contribution in [3.8, 4) is 0 Å². The molecule has 0 saturated heterocycles. The van der Waals surface area contributed by atoms with Crippen molar-refractivity contribution in [2.75, 3.05) is 0 Å². The minimum Gasteiger partial charge on any atom is -0.328 e. The first-order chi connectivity index (χ1) is 4.81. The third-order valence-electron chi connectivity index (χ3n) is 1.95. The summed E-state index contributed by atoms with van der Waals surface area (Å²) in [6.45, 7) is 4.39. The molecule has 0 bridgehead atoms. The van der Waals surface area contributed by atoms with Gasteiger partial charge >= 0.3 is 0 Å². The highest BCUT2D eigenvalue weighted by Crippen LogP contribution is 2.05. The van der Waals surface area contributed by atoms with Gasteiger partial charge in [0.2, 0.25) is 0 Å². The summed E-state index contributed by atoms with van der Waals surface area (Å²) in [7, 11) is 0. The maximum Gasteiger partial charge on any atom is 0.00362 e. The molecule has 0 unspecified atom stereocenters. The van der Waals surface area contributed by atoms with Crippen molar-refractivity contribution in [3.05, 3.63) is 0 Å². The van der Waals surface area contributed by atoms with Crippen molar-refractivity contribution >= 4 is 0 Å². The molecule has 1 nitrogen and oxygen atoms in total. The van der Waals surface area contributed by atoms with Crippen LogP contribution >= 0.6 is 0 Å². The summed E-state index contributed by atoms with van der Waals surface area (Å²) in [6.07, 6.45) is 7.73. The smallest absolute Gasteiger partial charge is 0.00362 e. The third-order valence-corrected chi connectivity index (χ3v) is 1.95. The van der Waals surface area contributed by atoms with E-state index in [0.717, 1.165) is 6.42 Å². The van der Waals surface area contributed by atoms with Crippen LogP contribution in [-0.2, 0) is 0 Å². The Labute approximate surface area is 65.0 Å². The third kappa shape index (κ3) is 6.09. The van der Waals surface area contributed by atoms with E-state index >= 15 is 0 Å². The maximum atomic E-state index is 5.76. The molecule has 62 valence electrons. The molecular weight excluding hydrogens is 122 g/mol. The van der Waals surface area contributed by atoms with Crippen LogP contribution in [0, 0.1) is 0 Å². The highest BCUT2D eigenvalue weighted by Gasteiger charge is 1.96. The number of hydrogen-bond acceptors (Lipinski definition) is 1. The van der Waals surface area contributed by atoms with Gasteiger partial charge in [0.25, 0.3) is 0 Å². The topological polar surface area (TPSA) is 26.0 Å². The summed E-state index contributed by atoms with van der Waals surface area (Å²) < 4.78 is 0. The molecule has 0 aromatic carbocycles. The van der Waals surface area contributed by atoms with E-state index in [9.17, 15) is 0 Å². The maximum absolute atomic E-state index is 5.76. The second-order valence-electron chi connectivity index (χ2n) is 3.02. The first-order valence-electron chi connectivity index (χ1n) is 4.56. The van der Waals surface area contributed by atoms with Crippen molar-refractivity contribution in [2.24, 2.45) is 5.73 Å². The molecule has 10 heavy (non-hydrogen) atoms. The van der Waals surface area contributed by atoms with E-state index in [0.29, 0.717) is 6.04 Å². The fourth-order valence-electron chi connectivity index (χ4n) is 1.04. The van der Waals surface area contributed by atoms with Gasteiger partial charge in [-0.15, -0.1) is 0 Å². The lowest BCUT2D eigenvalue weighted by atomic mass is 10.1. The van der Waals surface area contributed by atoms with Crippen LogP contribution in [0.15, 0.2) is 0 Å². The van der Waals surface area contributed by atoms with E-state index in [1.54, 1.807) is 0 Å². The lowest BCUT2D eigenvalue weighted by molar-refractivity contribution is 0.537. The summed E-state index contributed by atoms with van der Waals surface area (Å²) in [5.74, 6) is 0. The van der Waals surface area contributed by atoms with Gasteiger partial charge in [0.05, 0.1) is 0 Å². The van der Waals surface area contributed by atoms with Gasteiger partial charge in [0.15, 0.2) is 0 Å². The minimum absolute atomic E-state index is 0.455. The summed E-state index contributed by atoms with van der Waals surface area (Å²) in [6, 6.07) is 0.455. The van der Waals surface area contributed by atoms with Crippen LogP contribution in [0.5, 0.6) is 0 Å². The Morgan fingerprint density at radius 1 is 1.10 bits per heavy atom. The lowest BCUT2D eigenvalue weighted by Crippen LogP contribution is -2.17. The largest absolute Gasteiger partial charge is 0.328 e. The molecule has 0 aromatic heterocycles. The number of rotatable bonds is 6. The van der Waals surface area contributed by atoms with Crippen LogP contribution in [0.3, 0.4) is 0 Å². The average Bonchev–Trinajstić information content (AvgIpc) is 1.98. The van der Waals surface area contributed by atoms with Gasteiger partial charge in [-0.1, -0.05) is 39.5 Å². The minimum atomic E-state index is 0.455. The number of unbranched alkanes of at least 4 members (excludes halogenated alkanes) is 3. The molecule has 0 radical (unpaired) electrons. The molecule has 0 fully saturated rings. The highest BCUT2D eigenvalue weighted by atomic mass is 14.6. The second-order valence-corrected chi connectivity index (χ2v) is 3.02. The standard InChI is InChI=1S/C9H21N/c1-3-5-6-7-8-9(10)4-2/h9H,3-8,10H2,1-2H3/t9-/m1/s1. The van der Waals surface area contributed by atoms with E-state index in [2.05, 4.69) is 13.8 Å². The lowest BCUT2D eigenvalue weighted by Gasteiger charge is -2.06. The monoisotopic (exact) mass is 143 g/mol. The summed E-state index contributed by atoms with van der Waals surface area (Å²) in [4.78, 5) is 0. The summed E-state index contributed by atoms with van der Waals surface area (Å²) in [5, 5.41) is 0. The van der Waals surface area contributed by atoms with Gasteiger partial charge < -0.3 is 5.73 Å². The van der Waals surface area contributed by atoms with E-state index in [4.69, 9.17) is 5.73 Å². The Kier molecular flexibility index (Phi) is 7.04. The number of hydrogen-bond donors (Lipinski definition) is 1. The summed E-state index contributed by atoms with van der Waals surface area (Å²) in [5.41, 5.74) is 5.76. The molecule has 1 heteroatoms. The zero-order valence-corrected chi connectivity index (χ0v) is 7.40. The van der Waals surface area contributed by atoms with Gasteiger partial charge in [0.1, 0.15) is 0 Å². The van der Waals surface area contributed by atoms with Crippen LogP contribution in [0.2, 0.25) is 0 Å². The SMILES string of the molecule is CCCCCC[C@H](N)CC. The fourth-order valence-corrected chi connectivity index (χ4v) is 1.04. The Balaban J connectivity index is 2.89. The van der Waals surface area contributed by atoms with Crippen LogP contribution in [0.1, 0.15) is 52.4 Å². The summed E-state index contributed by atoms with van der Waals surface area (Å²) >= 11 is 0. The molecule has 0 heterocycles. The predicted molar refractivity (Wildman–Crippen MR) is 47.0 cm³/mol. The Morgan fingerprint density at radius 3 is 2.30 bits per heavy atom. The van der Waals surface area contributed by atoms with E-state index in [-0.39, 0.29) is 0 Å². The molecule has 2 N–H and O–H groups in total. The molecule has 0 aromatic rings. The van der Waals surface area contributed by atoms with Crippen LogP contribution in [-0.4, -0.2) is 6.04 Å². The van der Waals surface area contributed by atoms with Gasteiger partial charge in [0, 0.05) is 6.04 Å². The van der Waals surface area contributed by atoms with E-state index in [1.807, 2.05) is 0 Å². The Bertz CT molecular complexity index is 61.7. The molecule has 0 aliphatic carbocycles. The molecular formula is C9H21N. The predicted octanol–water partition coefficient (Wildman–Crippen LogP) is 2.69. The molecule has 0 rings (SSSR count). The fraction of sp³-hybridized carbons (Fsp3) is 1.00. The van der Waals surface area contributed by atoms with Gasteiger partial charge in [-0.2, -0.15) is 0 Å². The highest BCUT2D eigenvalue weighted by molar-refractivity contribution is 4.57. The second kappa shape index (κ2) is 7.07. The molecule has 0 spiro atoms. The van der Waals surface area contributed by atoms with Crippen molar-refractivity contribution in [3.63, 3.8) is 0 Å².